The fraction of sp³-hybridized carbons (Fsp3) is 0.417. The van der Waals surface area contributed by atoms with Crippen molar-refractivity contribution < 1.29 is 9.32 Å². The molecule has 5 nitrogen and oxygen atoms in total. The second kappa shape index (κ2) is 4.53. The van der Waals surface area contributed by atoms with Gasteiger partial charge in [0.1, 0.15) is 0 Å². The number of hydrogen-bond donors (Lipinski definition) is 1. The minimum absolute atomic E-state index is 0.0289. The maximum Gasteiger partial charge on any atom is 0.268 e. The molecule has 0 radical (unpaired) electrons. The van der Waals surface area contributed by atoms with Gasteiger partial charge in [0.15, 0.2) is 5.82 Å². The highest BCUT2D eigenvalue weighted by Gasteiger charge is 2.29. The molecule has 6 heteroatoms. The van der Waals surface area contributed by atoms with E-state index in [9.17, 15) is 4.79 Å². The maximum atomic E-state index is 10.8. The molecule has 18 heavy (non-hydrogen) atoms. The van der Waals surface area contributed by atoms with Gasteiger partial charge in [0, 0.05) is 17.7 Å². The lowest BCUT2D eigenvalue weighted by molar-refractivity contribution is -0.119. The van der Waals surface area contributed by atoms with Crippen molar-refractivity contribution in [2.24, 2.45) is 0 Å². The number of carbonyl (C=O) groups excluding carboxylic acids is 1. The van der Waals surface area contributed by atoms with Gasteiger partial charge in [0.2, 0.25) is 5.91 Å². The van der Waals surface area contributed by atoms with Gasteiger partial charge in [-0.25, -0.2) is 0 Å². The predicted octanol–water partition coefficient (Wildman–Crippen LogP) is 2.31. The van der Waals surface area contributed by atoms with Gasteiger partial charge in [-0.15, -0.1) is 11.3 Å². The molecule has 0 bridgehead atoms. The highest BCUT2D eigenvalue weighted by molar-refractivity contribution is 7.15. The molecular weight excluding hydrogens is 250 g/mol. The van der Waals surface area contributed by atoms with Gasteiger partial charge >= 0.3 is 0 Å². The van der Waals surface area contributed by atoms with Crippen LogP contribution in [-0.2, 0) is 11.3 Å². The molecule has 1 N–H and O–H groups in total. The lowest BCUT2D eigenvalue weighted by atomic mass is 10.4. The first kappa shape index (κ1) is 11.4. The van der Waals surface area contributed by atoms with Crippen LogP contribution < -0.4 is 5.32 Å². The van der Waals surface area contributed by atoms with Crippen LogP contribution in [-0.4, -0.2) is 16.0 Å². The van der Waals surface area contributed by atoms with Crippen molar-refractivity contribution in [3.63, 3.8) is 0 Å². The second-order valence-electron chi connectivity index (χ2n) is 4.41. The zero-order valence-electron chi connectivity index (χ0n) is 9.97. The third kappa shape index (κ3) is 2.43. The van der Waals surface area contributed by atoms with Gasteiger partial charge in [-0.2, -0.15) is 4.98 Å². The molecule has 0 atom stereocenters. The number of nitrogens with zero attached hydrogens (tertiary/aromatic N) is 2. The summed E-state index contributed by atoms with van der Waals surface area (Å²) in [5.74, 6) is 1.87. The third-order valence-corrected chi connectivity index (χ3v) is 3.84. The fourth-order valence-corrected chi connectivity index (χ4v) is 2.51. The first-order chi connectivity index (χ1) is 8.72. The summed E-state index contributed by atoms with van der Waals surface area (Å²) in [6.45, 7) is 2.05. The summed E-state index contributed by atoms with van der Waals surface area (Å²) in [5, 5.41) is 6.75. The molecule has 1 amide bonds. The molecule has 0 spiro atoms. The maximum absolute atomic E-state index is 10.8. The van der Waals surface area contributed by atoms with Gasteiger partial charge in [0.25, 0.3) is 5.89 Å². The molecule has 3 rings (SSSR count). The molecule has 0 aromatic carbocycles. The first-order valence-corrected chi connectivity index (χ1v) is 6.71. The number of hydrogen-bond acceptors (Lipinski definition) is 5. The summed E-state index contributed by atoms with van der Waals surface area (Å²) in [6.07, 6.45) is 2.33. The van der Waals surface area contributed by atoms with Crippen LogP contribution in [0.25, 0.3) is 10.8 Å². The van der Waals surface area contributed by atoms with Gasteiger partial charge in [-0.3, -0.25) is 4.79 Å². The Hall–Kier alpha value is -1.69. The van der Waals surface area contributed by atoms with Crippen LogP contribution in [0.4, 0.5) is 0 Å². The molecule has 1 aliphatic carbocycles. The first-order valence-electron chi connectivity index (χ1n) is 5.89. The van der Waals surface area contributed by atoms with Crippen LogP contribution in [0.5, 0.6) is 0 Å². The number of amides is 1. The van der Waals surface area contributed by atoms with E-state index in [1.807, 2.05) is 12.1 Å². The molecule has 2 aromatic rings. The van der Waals surface area contributed by atoms with Crippen LogP contribution in [0, 0.1) is 0 Å². The number of aromatic nitrogens is 2. The number of carbonyl (C=O) groups is 1. The Balaban J connectivity index is 1.72. The van der Waals surface area contributed by atoms with E-state index in [-0.39, 0.29) is 5.91 Å². The lowest BCUT2D eigenvalue weighted by Gasteiger charge is -1.96. The minimum atomic E-state index is -0.0289. The Morgan fingerprint density at radius 3 is 3.11 bits per heavy atom. The molecule has 2 heterocycles. The summed E-state index contributed by atoms with van der Waals surface area (Å²) in [7, 11) is 0. The highest BCUT2D eigenvalue weighted by atomic mass is 32.1. The second-order valence-corrected chi connectivity index (χ2v) is 5.58. The van der Waals surface area contributed by atoms with Crippen LogP contribution in [0.2, 0.25) is 0 Å². The molecule has 0 aliphatic heterocycles. The van der Waals surface area contributed by atoms with Gasteiger partial charge < -0.3 is 9.84 Å². The molecule has 94 valence electrons. The molecule has 1 saturated carbocycles. The van der Waals surface area contributed by atoms with E-state index in [1.165, 1.54) is 6.92 Å². The smallest absolute Gasteiger partial charge is 0.268 e. The van der Waals surface area contributed by atoms with Gasteiger partial charge in [-0.1, -0.05) is 5.16 Å². The molecular formula is C12H13N3O2S. The SMILES string of the molecule is CC(=O)NCc1ccc(-c2nc(C3CC3)no2)s1. The topological polar surface area (TPSA) is 68.0 Å². The summed E-state index contributed by atoms with van der Waals surface area (Å²) in [4.78, 5) is 17.3. The fourth-order valence-electron chi connectivity index (χ4n) is 1.64. The molecule has 0 saturated heterocycles. The molecule has 1 aliphatic rings. The summed E-state index contributed by atoms with van der Waals surface area (Å²) in [5.41, 5.74) is 0. The average molecular weight is 263 g/mol. The van der Waals surface area contributed by atoms with Gasteiger partial charge in [0.05, 0.1) is 11.4 Å². The van der Waals surface area contributed by atoms with Crippen molar-refractivity contribution in [1.82, 2.24) is 15.5 Å². The van der Waals surface area contributed by atoms with E-state index in [0.29, 0.717) is 18.4 Å². The standard InChI is InChI=1S/C12H13N3O2S/c1-7(16)13-6-9-4-5-10(18-9)12-14-11(15-17-12)8-2-3-8/h4-5,8H,2-3,6H2,1H3,(H,13,16). The van der Waals surface area contributed by atoms with E-state index in [2.05, 4.69) is 15.5 Å². The summed E-state index contributed by atoms with van der Waals surface area (Å²) in [6, 6.07) is 3.92. The molecule has 0 unspecified atom stereocenters. The minimum Gasteiger partial charge on any atom is -0.351 e. The Labute approximate surface area is 108 Å². The Kier molecular flexibility index (Phi) is 2.87. The van der Waals surface area contributed by atoms with Crippen molar-refractivity contribution in [3.05, 3.63) is 22.8 Å². The largest absolute Gasteiger partial charge is 0.351 e. The van der Waals surface area contributed by atoms with Crippen molar-refractivity contribution in [1.29, 1.82) is 0 Å². The third-order valence-electron chi connectivity index (χ3n) is 2.77. The highest BCUT2D eigenvalue weighted by Crippen LogP contribution is 2.39. The Bertz CT molecular complexity index is 571. The van der Waals surface area contributed by atoms with E-state index in [4.69, 9.17) is 4.52 Å². The van der Waals surface area contributed by atoms with Crippen molar-refractivity contribution in [3.8, 4) is 10.8 Å². The van der Waals surface area contributed by atoms with Gasteiger partial charge in [-0.05, 0) is 25.0 Å². The number of rotatable bonds is 4. The van der Waals surface area contributed by atoms with Crippen LogP contribution in [0.3, 0.4) is 0 Å². The van der Waals surface area contributed by atoms with E-state index < -0.39 is 0 Å². The Morgan fingerprint density at radius 1 is 1.56 bits per heavy atom. The van der Waals surface area contributed by atoms with Crippen LogP contribution in [0.1, 0.15) is 36.4 Å². The number of nitrogens with one attached hydrogen (secondary N) is 1. The Morgan fingerprint density at radius 2 is 2.39 bits per heavy atom. The zero-order valence-corrected chi connectivity index (χ0v) is 10.8. The molecule has 2 aromatic heterocycles. The predicted molar refractivity (Wildman–Crippen MR) is 67.1 cm³/mol. The van der Waals surface area contributed by atoms with E-state index >= 15 is 0 Å². The summed E-state index contributed by atoms with van der Waals surface area (Å²) >= 11 is 1.56. The summed E-state index contributed by atoms with van der Waals surface area (Å²) < 4.78 is 5.25. The zero-order chi connectivity index (χ0) is 12.5. The average Bonchev–Trinajstić information content (AvgIpc) is 2.92. The van der Waals surface area contributed by atoms with Crippen LogP contribution in [0.15, 0.2) is 16.7 Å². The van der Waals surface area contributed by atoms with E-state index in [0.717, 1.165) is 28.4 Å². The van der Waals surface area contributed by atoms with Crippen molar-refractivity contribution >= 4 is 17.2 Å². The van der Waals surface area contributed by atoms with E-state index in [1.54, 1.807) is 11.3 Å². The number of thiophene rings is 1. The molecule has 1 fully saturated rings. The lowest BCUT2D eigenvalue weighted by Crippen LogP contribution is -2.17. The van der Waals surface area contributed by atoms with Crippen LogP contribution >= 0.6 is 11.3 Å². The monoisotopic (exact) mass is 263 g/mol. The quantitative estimate of drug-likeness (QED) is 0.919. The van der Waals surface area contributed by atoms with Crippen molar-refractivity contribution in [2.75, 3.05) is 0 Å². The normalized spacial score (nSPS) is 14.7. The van der Waals surface area contributed by atoms with Crippen molar-refractivity contribution in [2.45, 2.75) is 32.2 Å².